The van der Waals surface area contributed by atoms with Crippen molar-refractivity contribution in [2.45, 2.75) is 31.3 Å². The molecule has 0 amide bonds. The van der Waals surface area contributed by atoms with Crippen molar-refractivity contribution in [3.8, 4) is 0 Å². The minimum Gasteiger partial charge on any atom is -0.310 e. The van der Waals surface area contributed by atoms with E-state index in [1.807, 2.05) is 12.1 Å². The van der Waals surface area contributed by atoms with E-state index in [0.717, 1.165) is 12.1 Å². The van der Waals surface area contributed by atoms with Crippen molar-refractivity contribution in [2.24, 2.45) is 0 Å². The first-order chi connectivity index (χ1) is 9.47. The molecule has 0 unspecified atom stereocenters. The molecule has 7 heteroatoms. The molecule has 0 atom stereocenters. The predicted molar refractivity (Wildman–Crippen MR) is 77.8 cm³/mol. The van der Waals surface area contributed by atoms with Gasteiger partial charge in [-0.3, -0.25) is 9.82 Å². The average Bonchev–Trinajstić information content (AvgIpc) is 2.92. The van der Waals surface area contributed by atoms with E-state index >= 15 is 0 Å². The Morgan fingerprint density at radius 1 is 1.25 bits per heavy atom. The van der Waals surface area contributed by atoms with E-state index in [9.17, 15) is 8.42 Å². The third kappa shape index (κ3) is 3.82. The summed E-state index contributed by atoms with van der Waals surface area (Å²) in [5.41, 5.74) is 1.63. The van der Waals surface area contributed by atoms with E-state index in [1.54, 1.807) is 12.1 Å². The summed E-state index contributed by atoms with van der Waals surface area (Å²) in [6, 6.07) is 7.68. The van der Waals surface area contributed by atoms with E-state index in [2.05, 4.69) is 34.1 Å². The molecular weight excluding hydrogens is 276 g/mol. The maximum absolute atomic E-state index is 12.0. The fraction of sp³-hybridized carbons (Fsp3) is 0.308. The van der Waals surface area contributed by atoms with Crippen LogP contribution in [-0.4, -0.2) is 24.7 Å². The van der Waals surface area contributed by atoms with Crippen LogP contribution in [0.15, 0.2) is 41.6 Å². The molecule has 6 nitrogen and oxygen atoms in total. The molecule has 20 heavy (non-hydrogen) atoms. The highest BCUT2D eigenvalue weighted by molar-refractivity contribution is 7.92. The number of hydrogen-bond donors (Lipinski definition) is 3. The van der Waals surface area contributed by atoms with E-state index < -0.39 is 10.0 Å². The maximum atomic E-state index is 12.0. The molecular formula is C13H18N4O2S. The number of sulfonamides is 1. The van der Waals surface area contributed by atoms with E-state index in [1.165, 1.54) is 12.4 Å². The van der Waals surface area contributed by atoms with Crippen molar-refractivity contribution in [3.63, 3.8) is 0 Å². The van der Waals surface area contributed by atoms with Crippen LogP contribution in [0.5, 0.6) is 0 Å². The molecule has 0 aliphatic rings. The monoisotopic (exact) mass is 294 g/mol. The Morgan fingerprint density at radius 3 is 2.50 bits per heavy atom. The second kappa shape index (κ2) is 6.06. The van der Waals surface area contributed by atoms with Crippen molar-refractivity contribution in [2.75, 3.05) is 4.72 Å². The van der Waals surface area contributed by atoms with Gasteiger partial charge < -0.3 is 5.32 Å². The van der Waals surface area contributed by atoms with Gasteiger partial charge in [-0.15, -0.1) is 0 Å². The molecule has 3 N–H and O–H groups in total. The highest BCUT2D eigenvalue weighted by Gasteiger charge is 2.14. The van der Waals surface area contributed by atoms with Gasteiger partial charge in [0.25, 0.3) is 10.0 Å². The maximum Gasteiger partial charge on any atom is 0.265 e. The highest BCUT2D eigenvalue weighted by atomic mass is 32.2. The first-order valence-electron chi connectivity index (χ1n) is 6.31. The Kier molecular flexibility index (Phi) is 4.41. The molecule has 2 aromatic rings. The number of aromatic amines is 1. The smallest absolute Gasteiger partial charge is 0.265 e. The van der Waals surface area contributed by atoms with E-state index in [0.29, 0.717) is 11.7 Å². The lowest BCUT2D eigenvalue weighted by Crippen LogP contribution is -2.21. The van der Waals surface area contributed by atoms with Crippen LogP contribution in [0.3, 0.4) is 0 Å². The van der Waals surface area contributed by atoms with Crippen LogP contribution in [0.1, 0.15) is 19.4 Å². The number of hydrogen-bond acceptors (Lipinski definition) is 4. The summed E-state index contributed by atoms with van der Waals surface area (Å²) in [5, 5.41) is 9.41. The molecule has 1 aromatic heterocycles. The molecule has 1 heterocycles. The molecule has 0 aliphatic heterocycles. The first kappa shape index (κ1) is 14.5. The van der Waals surface area contributed by atoms with Gasteiger partial charge in [0.2, 0.25) is 0 Å². The molecule has 0 aliphatic carbocycles. The van der Waals surface area contributed by atoms with Gasteiger partial charge in [-0.2, -0.15) is 5.10 Å². The lowest BCUT2D eigenvalue weighted by atomic mass is 10.2. The Morgan fingerprint density at radius 2 is 1.95 bits per heavy atom. The van der Waals surface area contributed by atoms with Gasteiger partial charge in [-0.05, 0) is 17.7 Å². The Hall–Kier alpha value is -1.86. The third-order valence-electron chi connectivity index (χ3n) is 2.70. The Balaban J connectivity index is 2.04. The Bertz CT molecular complexity index is 634. The quantitative estimate of drug-likeness (QED) is 0.757. The van der Waals surface area contributed by atoms with Crippen molar-refractivity contribution in [1.82, 2.24) is 15.5 Å². The summed E-state index contributed by atoms with van der Waals surface area (Å²) in [5.74, 6) is 0. The minimum atomic E-state index is -3.57. The molecule has 1 aromatic carbocycles. The highest BCUT2D eigenvalue weighted by Crippen LogP contribution is 2.15. The van der Waals surface area contributed by atoms with Crippen molar-refractivity contribution >= 4 is 15.7 Å². The second-order valence-corrected chi connectivity index (χ2v) is 6.45. The molecule has 0 bridgehead atoms. The molecule has 0 spiro atoms. The zero-order valence-electron chi connectivity index (χ0n) is 11.4. The van der Waals surface area contributed by atoms with Gasteiger partial charge in [0.05, 0.1) is 6.20 Å². The molecule has 108 valence electrons. The number of nitrogens with zero attached hydrogens (tertiary/aromatic N) is 1. The van der Waals surface area contributed by atoms with Crippen molar-refractivity contribution in [3.05, 3.63) is 42.2 Å². The van der Waals surface area contributed by atoms with Crippen molar-refractivity contribution < 1.29 is 8.42 Å². The molecule has 0 saturated carbocycles. The van der Waals surface area contributed by atoms with Crippen LogP contribution in [0.25, 0.3) is 0 Å². The van der Waals surface area contributed by atoms with Crippen LogP contribution in [0, 0.1) is 0 Å². The summed E-state index contributed by atoms with van der Waals surface area (Å²) >= 11 is 0. The summed E-state index contributed by atoms with van der Waals surface area (Å²) in [6.45, 7) is 4.91. The van der Waals surface area contributed by atoms with Gasteiger partial charge in [-0.1, -0.05) is 26.0 Å². The fourth-order valence-electron chi connectivity index (χ4n) is 1.61. The largest absolute Gasteiger partial charge is 0.310 e. The normalized spacial score (nSPS) is 11.8. The SMILES string of the molecule is CC(C)NCc1ccc(NS(=O)(=O)c2cn[nH]c2)cc1. The van der Waals surface area contributed by atoms with E-state index in [4.69, 9.17) is 0 Å². The summed E-state index contributed by atoms with van der Waals surface area (Å²) < 4.78 is 26.5. The zero-order valence-corrected chi connectivity index (χ0v) is 12.2. The van der Waals surface area contributed by atoms with Crippen LogP contribution < -0.4 is 10.0 Å². The summed E-state index contributed by atoms with van der Waals surface area (Å²) in [7, 11) is -3.57. The van der Waals surface area contributed by atoms with Gasteiger partial charge >= 0.3 is 0 Å². The summed E-state index contributed by atoms with van der Waals surface area (Å²) in [4.78, 5) is 0.114. The molecule has 0 fully saturated rings. The Labute approximate surface area is 118 Å². The minimum absolute atomic E-state index is 0.114. The first-order valence-corrected chi connectivity index (χ1v) is 7.79. The van der Waals surface area contributed by atoms with Crippen LogP contribution in [0.4, 0.5) is 5.69 Å². The number of H-pyrrole nitrogens is 1. The van der Waals surface area contributed by atoms with E-state index in [-0.39, 0.29) is 4.90 Å². The molecule has 0 saturated heterocycles. The molecule has 2 rings (SSSR count). The fourth-order valence-corrected chi connectivity index (χ4v) is 2.58. The van der Waals surface area contributed by atoms with Gasteiger partial charge in [0.1, 0.15) is 4.90 Å². The van der Waals surface area contributed by atoms with Gasteiger partial charge in [-0.25, -0.2) is 8.42 Å². The lowest BCUT2D eigenvalue weighted by Gasteiger charge is -2.09. The van der Waals surface area contributed by atoms with Crippen LogP contribution >= 0.6 is 0 Å². The van der Waals surface area contributed by atoms with Gasteiger partial charge in [0, 0.05) is 24.5 Å². The number of anilines is 1. The van der Waals surface area contributed by atoms with Crippen LogP contribution in [0.2, 0.25) is 0 Å². The van der Waals surface area contributed by atoms with Gasteiger partial charge in [0.15, 0.2) is 0 Å². The number of aromatic nitrogens is 2. The zero-order chi connectivity index (χ0) is 14.6. The second-order valence-electron chi connectivity index (χ2n) is 4.77. The number of benzene rings is 1. The van der Waals surface area contributed by atoms with Crippen molar-refractivity contribution in [1.29, 1.82) is 0 Å². The number of nitrogens with one attached hydrogen (secondary N) is 3. The average molecular weight is 294 g/mol. The standard InChI is InChI=1S/C13H18N4O2S/c1-10(2)14-7-11-3-5-12(6-4-11)17-20(18,19)13-8-15-16-9-13/h3-6,8-10,14,17H,7H2,1-2H3,(H,15,16). The third-order valence-corrected chi connectivity index (χ3v) is 4.05. The van der Waals surface area contributed by atoms with Crippen LogP contribution in [-0.2, 0) is 16.6 Å². The summed E-state index contributed by atoms with van der Waals surface area (Å²) in [6.07, 6.45) is 2.60. The number of rotatable bonds is 6. The molecule has 0 radical (unpaired) electrons. The topological polar surface area (TPSA) is 86.9 Å². The predicted octanol–water partition coefficient (Wildman–Crippen LogP) is 1.71. The lowest BCUT2D eigenvalue weighted by molar-refractivity contribution is 0.589.